The van der Waals surface area contributed by atoms with Crippen LogP contribution in [0.15, 0.2) is 30.3 Å². The molecule has 3 atom stereocenters. The fraction of sp³-hybridized carbons (Fsp3) is 0.562. The lowest BCUT2D eigenvalue weighted by Gasteiger charge is -2.39. The highest BCUT2D eigenvalue weighted by Gasteiger charge is 2.31. The van der Waals surface area contributed by atoms with E-state index in [2.05, 4.69) is 19.2 Å². The van der Waals surface area contributed by atoms with Crippen LogP contribution in [-0.4, -0.2) is 55.0 Å². The molecule has 0 bridgehead atoms. The molecule has 1 heterocycles. The van der Waals surface area contributed by atoms with Gasteiger partial charge in [0.25, 0.3) is 0 Å². The summed E-state index contributed by atoms with van der Waals surface area (Å²) in [4.78, 5) is 16.9. The fourth-order valence-corrected chi connectivity index (χ4v) is 2.98. The molecule has 1 N–H and O–H groups in total. The van der Waals surface area contributed by atoms with Gasteiger partial charge in [-0.25, -0.2) is 0 Å². The molecular weight excluding hydrogens is 250 g/mol. The summed E-state index contributed by atoms with van der Waals surface area (Å²) >= 11 is 0. The second-order valence-electron chi connectivity index (χ2n) is 5.99. The van der Waals surface area contributed by atoms with Gasteiger partial charge in [0.2, 0.25) is 5.91 Å². The van der Waals surface area contributed by atoms with E-state index >= 15 is 0 Å². The Morgan fingerprint density at radius 1 is 1.20 bits per heavy atom. The van der Waals surface area contributed by atoms with Gasteiger partial charge in [-0.2, -0.15) is 0 Å². The molecule has 1 amide bonds. The van der Waals surface area contributed by atoms with Crippen molar-refractivity contribution in [3.8, 4) is 0 Å². The minimum absolute atomic E-state index is 0.196. The number of nitrogens with zero attached hydrogens (tertiary/aromatic N) is 2. The van der Waals surface area contributed by atoms with E-state index in [1.54, 1.807) is 0 Å². The predicted molar refractivity (Wildman–Crippen MR) is 81.5 cm³/mol. The molecule has 4 nitrogen and oxygen atoms in total. The fourth-order valence-electron chi connectivity index (χ4n) is 2.98. The number of rotatable bonds is 3. The number of amides is 1. The van der Waals surface area contributed by atoms with Gasteiger partial charge in [-0.1, -0.05) is 30.3 Å². The molecule has 0 aromatic heterocycles. The summed E-state index contributed by atoms with van der Waals surface area (Å²) < 4.78 is 0. The zero-order valence-electron chi connectivity index (χ0n) is 12.8. The lowest BCUT2D eigenvalue weighted by atomic mass is 10.0. The lowest BCUT2D eigenvalue weighted by Crippen LogP contribution is -2.57. The average molecular weight is 275 g/mol. The molecule has 1 saturated heterocycles. The van der Waals surface area contributed by atoms with Crippen molar-refractivity contribution < 1.29 is 4.79 Å². The van der Waals surface area contributed by atoms with Crippen molar-refractivity contribution in [3.05, 3.63) is 35.9 Å². The summed E-state index contributed by atoms with van der Waals surface area (Å²) in [7, 11) is 3.93. The molecule has 0 aliphatic carbocycles. The van der Waals surface area contributed by atoms with E-state index in [1.165, 1.54) is 0 Å². The van der Waals surface area contributed by atoms with Crippen molar-refractivity contribution in [3.63, 3.8) is 0 Å². The van der Waals surface area contributed by atoms with E-state index in [1.807, 2.05) is 54.2 Å². The van der Waals surface area contributed by atoms with Crippen LogP contribution in [0.2, 0.25) is 0 Å². The largest absolute Gasteiger partial charge is 0.338 e. The molecule has 1 aliphatic rings. The van der Waals surface area contributed by atoms with Crippen LogP contribution in [0.1, 0.15) is 25.5 Å². The minimum atomic E-state index is -0.200. The predicted octanol–water partition coefficient (Wildman–Crippen LogP) is 1.50. The number of hydrogen-bond acceptors (Lipinski definition) is 3. The van der Waals surface area contributed by atoms with Crippen molar-refractivity contribution in [2.45, 2.75) is 32.0 Å². The first-order valence-electron chi connectivity index (χ1n) is 7.25. The zero-order chi connectivity index (χ0) is 14.7. The molecule has 0 spiro atoms. The van der Waals surface area contributed by atoms with Crippen LogP contribution in [0.4, 0.5) is 0 Å². The molecule has 110 valence electrons. The standard InChI is InChI=1S/C16H25N3O/c1-12-10-19(11-13(2)17-12)16(20)15(18(3)4)14-8-6-5-7-9-14/h5-9,12-13,15,17H,10-11H2,1-4H3. The van der Waals surface area contributed by atoms with Crippen LogP contribution in [0, 0.1) is 0 Å². The summed E-state index contributed by atoms with van der Waals surface area (Å²) in [5, 5.41) is 3.46. The monoisotopic (exact) mass is 275 g/mol. The van der Waals surface area contributed by atoms with Gasteiger partial charge >= 0.3 is 0 Å². The Morgan fingerprint density at radius 2 is 1.75 bits per heavy atom. The highest BCUT2D eigenvalue weighted by molar-refractivity contribution is 5.83. The van der Waals surface area contributed by atoms with Crippen molar-refractivity contribution in [2.24, 2.45) is 0 Å². The first-order valence-corrected chi connectivity index (χ1v) is 7.25. The Kier molecular flexibility index (Phi) is 4.78. The van der Waals surface area contributed by atoms with Crippen molar-refractivity contribution in [1.29, 1.82) is 0 Å². The Bertz CT molecular complexity index is 436. The summed E-state index contributed by atoms with van der Waals surface area (Å²) in [6.07, 6.45) is 0. The van der Waals surface area contributed by atoms with Crippen LogP contribution >= 0.6 is 0 Å². The van der Waals surface area contributed by atoms with Crippen LogP contribution in [0.25, 0.3) is 0 Å². The van der Waals surface area contributed by atoms with Gasteiger partial charge in [0.15, 0.2) is 0 Å². The van der Waals surface area contributed by atoms with Gasteiger partial charge in [0.05, 0.1) is 0 Å². The number of likely N-dealkylation sites (N-methyl/N-ethyl adjacent to an activating group) is 1. The van der Waals surface area contributed by atoms with E-state index in [-0.39, 0.29) is 11.9 Å². The van der Waals surface area contributed by atoms with E-state index in [4.69, 9.17) is 0 Å². The van der Waals surface area contributed by atoms with Crippen molar-refractivity contribution in [1.82, 2.24) is 15.1 Å². The Labute approximate surface area is 121 Å². The average Bonchev–Trinajstić information content (AvgIpc) is 2.38. The quantitative estimate of drug-likeness (QED) is 0.908. The molecule has 1 aliphatic heterocycles. The Balaban J connectivity index is 2.19. The van der Waals surface area contributed by atoms with E-state index in [0.29, 0.717) is 12.1 Å². The maximum Gasteiger partial charge on any atom is 0.244 e. The summed E-state index contributed by atoms with van der Waals surface area (Å²) in [5.74, 6) is 0.196. The van der Waals surface area contributed by atoms with E-state index in [9.17, 15) is 4.79 Å². The van der Waals surface area contributed by atoms with E-state index < -0.39 is 0 Å². The number of carbonyl (C=O) groups excluding carboxylic acids is 1. The third kappa shape index (κ3) is 3.38. The smallest absolute Gasteiger partial charge is 0.244 e. The van der Waals surface area contributed by atoms with E-state index in [0.717, 1.165) is 18.7 Å². The summed E-state index contributed by atoms with van der Waals surface area (Å²) in [6.45, 7) is 5.81. The summed E-state index contributed by atoms with van der Waals surface area (Å²) in [6, 6.07) is 10.5. The maximum atomic E-state index is 12.9. The van der Waals surface area contributed by atoms with Gasteiger partial charge in [-0.3, -0.25) is 9.69 Å². The molecule has 1 aromatic rings. The molecule has 4 heteroatoms. The SMILES string of the molecule is CC1CN(C(=O)C(c2ccccc2)N(C)C)CC(C)N1. The molecule has 0 radical (unpaired) electrons. The van der Waals surface area contributed by atoms with Gasteiger partial charge in [0.1, 0.15) is 6.04 Å². The Morgan fingerprint density at radius 3 is 2.25 bits per heavy atom. The third-order valence-corrected chi connectivity index (χ3v) is 3.73. The molecule has 2 rings (SSSR count). The third-order valence-electron chi connectivity index (χ3n) is 3.73. The second-order valence-corrected chi connectivity index (χ2v) is 5.99. The zero-order valence-corrected chi connectivity index (χ0v) is 12.8. The van der Waals surface area contributed by atoms with Crippen LogP contribution in [0.3, 0.4) is 0 Å². The number of carbonyl (C=O) groups is 1. The van der Waals surface area contributed by atoms with Crippen LogP contribution in [-0.2, 0) is 4.79 Å². The van der Waals surface area contributed by atoms with Crippen LogP contribution in [0.5, 0.6) is 0 Å². The maximum absolute atomic E-state index is 12.9. The van der Waals surface area contributed by atoms with Crippen molar-refractivity contribution >= 4 is 5.91 Å². The highest BCUT2D eigenvalue weighted by Crippen LogP contribution is 2.22. The summed E-state index contributed by atoms with van der Waals surface area (Å²) in [5.41, 5.74) is 1.06. The molecule has 1 fully saturated rings. The normalized spacial score (nSPS) is 24.8. The molecule has 1 aromatic carbocycles. The van der Waals surface area contributed by atoms with Gasteiger partial charge < -0.3 is 10.2 Å². The second kappa shape index (κ2) is 6.37. The van der Waals surface area contributed by atoms with Gasteiger partial charge in [0, 0.05) is 25.2 Å². The molecule has 3 unspecified atom stereocenters. The number of benzene rings is 1. The first kappa shape index (κ1) is 15.0. The van der Waals surface area contributed by atoms with Gasteiger partial charge in [-0.05, 0) is 33.5 Å². The Hall–Kier alpha value is -1.39. The van der Waals surface area contributed by atoms with Gasteiger partial charge in [-0.15, -0.1) is 0 Å². The lowest BCUT2D eigenvalue weighted by molar-refractivity contribution is -0.138. The highest BCUT2D eigenvalue weighted by atomic mass is 16.2. The first-order chi connectivity index (χ1) is 9.49. The number of nitrogens with one attached hydrogen (secondary N) is 1. The van der Waals surface area contributed by atoms with Crippen LogP contribution < -0.4 is 5.32 Å². The number of piperazine rings is 1. The molecule has 0 saturated carbocycles. The molecule has 20 heavy (non-hydrogen) atoms. The molecular formula is C16H25N3O. The number of hydrogen-bond donors (Lipinski definition) is 1. The topological polar surface area (TPSA) is 35.6 Å². The minimum Gasteiger partial charge on any atom is -0.338 e. The van der Waals surface area contributed by atoms with Crippen molar-refractivity contribution in [2.75, 3.05) is 27.2 Å².